The number of anilines is 1. The van der Waals surface area contributed by atoms with Gasteiger partial charge in [0, 0.05) is 41.4 Å². The summed E-state index contributed by atoms with van der Waals surface area (Å²) in [7, 11) is 0. The first-order chi connectivity index (χ1) is 17.7. The van der Waals surface area contributed by atoms with Crippen LogP contribution in [0, 0.1) is 12.8 Å². The first kappa shape index (κ1) is 25.2. The van der Waals surface area contributed by atoms with E-state index in [0.29, 0.717) is 34.5 Å². The maximum atomic E-state index is 13.3. The van der Waals surface area contributed by atoms with Gasteiger partial charge in [0.1, 0.15) is 11.6 Å². The molecule has 0 radical (unpaired) electrons. The molecule has 4 atom stereocenters. The molecule has 2 aliphatic heterocycles. The van der Waals surface area contributed by atoms with Crippen LogP contribution < -0.4 is 20.7 Å². The molecule has 37 heavy (non-hydrogen) atoms. The number of carbonyl (C=O) groups excluding carboxylic acids is 3. The molecule has 1 aromatic heterocycles. The van der Waals surface area contributed by atoms with E-state index in [1.54, 1.807) is 18.3 Å². The molecule has 3 aliphatic rings. The number of amides is 2. The van der Waals surface area contributed by atoms with Crippen molar-refractivity contribution in [1.82, 2.24) is 10.3 Å². The third-order valence-corrected chi connectivity index (χ3v) is 8.05. The number of pyridine rings is 1. The van der Waals surface area contributed by atoms with Gasteiger partial charge in [0.05, 0.1) is 11.7 Å². The molecule has 2 bridgehead atoms. The van der Waals surface area contributed by atoms with Crippen LogP contribution in [0.3, 0.4) is 0 Å². The van der Waals surface area contributed by atoms with E-state index in [2.05, 4.69) is 15.2 Å². The van der Waals surface area contributed by atoms with E-state index < -0.39 is 5.91 Å². The van der Waals surface area contributed by atoms with Crippen LogP contribution in [0.25, 0.3) is 0 Å². The average molecular weight is 505 g/mol. The predicted molar refractivity (Wildman–Crippen MR) is 141 cm³/mol. The third-order valence-electron chi connectivity index (χ3n) is 8.05. The fourth-order valence-corrected chi connectivity index (χ4v) is 5.72. The highest BCUT2D eigenvalue weighted by Crippen LogP contribution is 2.39. The van der Waals surface area contributed by atoms with Gasteiger partial charge in [-0.3, -0.25) is 14.4 Å². The molecule has 2 unspecified atom stereocenters. The number of nitrogens with zero attached hydrogens (tertiary/aromatic N) is 2. The molecule has 2 saturated heterocycles. The van der Waals surface area contributed by atoms with Crippen LogP contribution in [0.2, 0.25) is 0 Å². The fourth-order valence-electron chi connectivity index (χ4n) is 5.72. The highest BCUT2D eigenvalue weighted by molar-refractivity contribution is 6.01. The van der Waals surface area contributed by atoms with Crippen LogP contribution in [0.1, 0.15) is 95.4 Å². The average Bonchev–Trinajstić information content (AvgIpc) is 3.69. The molecule has 196 valence electrons. The summed E-state index contributed by atoms with van der Waals surface area (Å²) in [6, 6.07) is 7.81. The minimum Gasteiger partial charge on any atom is -0.490 e. The Morgan fingerprint density at radius 1 is 1.11 bits per heavy atom. The molecule has 8 heteroatoms. The molecular formula is C29H36N4O4. The number of ketones is 1. The zero-order valence-electron chi connectivity index (χ0n) is 21.8. The van der Waals surface area contributed by atoms with Gasteiger partial charge in [-0.05, 0) is 88.6 Å². The first-order valence-corrected chi connectivity index (χ1v) is 13.5. The van der Waals surface area contributed by atoms with E-state index >= 15 is 0 Å². The Morgan fingerprint density at radius 3 is 2.38 bits per heavy atom. The van der Waals surface area contributed by atoms with Crippen molar-refractivity contribution >= 4 is 23.4 Å². The molecule has 1 aromatic carbocycles. The number of ether oxygens (including phenoxy) is 1. The predicted octanol–water partition coefficient (Wildman–Crippen LogP) is 4.19. The van der Waals surface area contributed by atoms with Gasteiger partial charge in [0.15, 0.2) is 5.78 Å². The highest BCUT2D eigenvalue weighted by atomic mass is 16.5. The molecular weight excluding hydrogens is 468 g/mol. The van der Waals surface area contributed by atoms with Crippen molar-refractivity contribution in [1.29, 1.82) is 0 Å². The molecule has 1 aliphatic carbocycles. The fraction of sp³-hybridized carbons (Fsp3) is 0.517. The van der Waals surface area contributed by atoms with Gasteiger partial charge in [0.2, 0.25) is 0 Å². The molecule has 2 aromatic rings. The Morgan fingerprint density at radius 2 is 1.81 bits per heavy atom. The van der Waals surface area contributed by atoms with Crippen molar-refractivity contribution in [3.05, 3.63) is 52.7 Å². The Labute approximate surface area is 218 Å². The van der Waals surface area contributed by atoms with Crippen molar-refractivity contribution in [2.24, 2.45) is 11.7 Å². The molecule has 5 rings (SSSR count). The van der Waals surface area contributed by atoms with Crippen molar-refractivity contribution in [3.8, 4) is 5.75 Å². The number of fused-ring (bicyclic) bond motifs is 2. The maximum absolute atomic E-state index is 13.3. The summed E-state index contributed by atoms with van der Waals surface area (Å²) in [5.41, 5.74) is 7.75. The monoisotopic (exact) mass is 504 g/mol. The minimum atomic E-state index is -0.573. The van der Waals surface area contributed by atoms with E-state index in [1.807, 2.05) is 32.9 Å². The zero-order chi connectivity index (χ0) is 26.3. The van der Waals surface area contributed by atoms with Crippen LogP contribution in [0.15, 0.2) is 30.5 Å². The Bertz CT molecular complexity index is 1190. The molecule has 3 N–H and O–H groups in total. The number of carbonyl (C=O) groups is 3. The number of benzene rings is 1. The van der Waals surface area contributed by atoms with Gasteiger partial charge >= 0.3 is 0 Å². The van der Waals surface area contributed by atoms with Crippen LogP contribution in [-0.2, 0) is 0 Å². The lowest BCUT2D eigenvalue weighted by Gasteiger charge is -2.40. The van der Waals surface area contributed by atoms with E-state index in [4.69, 9.17) is 10.5 Å². The zero-order valence-corrected chi connectivity index (χ0v) is 21.8. The number of hydrogen-bond acceptors (Lipinski definition) is 6. The van der Waals surface area contributed by atoms with E-state index in [1.165, 1.54) is 0 Å². The summed E-state index contributed by atoms with van der Waals surface area (Å²) in [6.07, 6.45) is 8.15. The Kier molecular flexibility index (Phi) is 6.92. The number of aryl methyl sites for hydroxylation is 1. The van der Waals surface area contributed by atoms with Crippen LogP contribution in [-0.4, -0.2) is 46.8 Å². The van der Waals surface area contributed by atoms with Crippen LogP contribution >= 0.6 is 0 Å². The lowest BCUT2D eigenvalue weighted by atomic mass is 9.96. The summed E-state index contributed by atoms with van der Waals surface area (Å²) in [5.74, 6) is 0.922. The lowest BCUT2D eigenvalue weighted by molar-refractivity contribution is 0.0921. The van der Waals surface area contributed by atoms with E-state index in [9.17, 15) is 14.4 Å². The van der Waals surface area contributed by atoms with Gasteiger partial charge in [0.25, 0.3) is 11.8 Å². The number of primary amides is 1. The Hall–Kier alpha value is -3.42. The van der Waals surface area contributed by atoms with Gasteiger partial charge < -0.3 is 20.7 Å². The number of rotatable bonds is 9. The second-order valence-electron chi connectivity index (χ2n) is 10.8. The van der Waals surface area contributed by atoms with Gasteiger partial charge in [-0.2, -0.15) is 0 Å². The van der Waals surface area contributed by atoms with Crippen molar-refractivity contribution < 1.29 is 19.1 Å². The first-order valence-electron chi connectivity index (χ1n) is 13.5. The van der Waals surface area contributed by atoms with Crippen molar-refractivity contribution in [3.63, 3.8) is 0 Å². The van der Waals surface area contributed by atoms with E-state index in [-0.39, 0.29) is 35.3 Å². The molecule has 0 spiro atoms. The van der Waals surface area contributed by atoms with Crippen LogP contribution in [0.5, 0.6) is 5.75 Å². The van der Waals surface area contributed by atoms with Gasteiger partial charge in [-0.25, -0.2) is 4.98 Å². The Balaban J connectivity index is 1.27. The molecule has 8 nitrogen and oxygen atoms in total. The quantitative estimate of drug-likeness (QED) is 0.495. The number of Topliss-reactive ketones (excluding diaryl/α,β-unsaturated/α-hetero) is 1. The standard InChI is InChI=1S/C29H36N4O4/c1-4-17(3)37-25-14-23(16(2)11-24(25)28(30)35)29(36)32-20-12-21-8-9-22(13-20)33(21)26-10-7-19(15-31-26)27(34)18-5-6-18/h7,10-11,14-15,17-18,20-22H,4-6,8-9,12-13H2,1-3H3,(H2,30,35)(H,32,36)/t17?,20?,21-,22+. The smallest absolute Gasteiger partial charge is 0.252 e. The molecule has 3 fully saturated rings. The summed E-state index contributed by atoms with van der Waals surface area (Å²) in [4.78, 5) is 44.7. The normalized spacial score (nSPS) is 23.4. The van der Waals surface area contributed by atoms with Gasteiger partial charge in [-0.15, -0.1) is 0 Å². The summed E-state index contributed by atoms with van der Waals surface area (Å²) < 4.78 is 5.92. The van der Waals surface area contributed by atoms with Crippen molar-refractivity contribution in [2.75, 3.05) is 4.90 Å². The second-order valence-corrected chi connectivity index (χ2v) is 10.8. The minimum absolute atomic E-state index is 0.0473. The molecule has 2 amide bonds. The highest BCUT2D eigenvalue weighted by Gasteiger charge is 2.42. The van der Waals surface area contributed by atoms with Crippen molar-refractivity contribution in [2.45, 2.75) is 89.9 Å². The number of aromatic nitrogens is 1. The third kappa shape index (κ3) is 5.20. The van der Waals surface area contributed by atoms with Crippen LogP contribution in [0.4, 0.5) is 5.82 Å². The second kappa shape index (κ2) is 10.1. The summed E-state index contributed by atoms with van der Waals surface area (Å²) in [6.45, 7) is 5.72. The number of nitrogens with one attached hydrogen (secondary N) is 1. The SMILES string of the molecule is CCC(C)Oc1cc(C(=O)NC2C[C@H]3CC[C@@H](C2)N3c2ccc(C(=O)C3CC3)cn2)c(C)cc1C(N)=O. The molecule has 1 saturated carbocycles. The van der Waals surface area contributed by atoms with Gasteiger partial charge in [-0.1, -0.05) is 6.92 Å². The number of hydrogen-bond donors (Lipinski definition) is 2. The van der Waals surface area contributed by atoms with E-state index in [0.717, 1.165) is 50.8 Å². The largest absolute Gasteiger partial charge is 0.490 e. The topological polar surface area (TPSA) is 115 Å². The number of piperidine rings is 1. The lowest BCUT2D eigenvalue weighted by Crippen LogP contribution is -2.50. The molecule has 3 heterocycles. The maximum Gasteiger partial charge on any atom is 0.252 e. The summed E-state index contributed by atoms with van der Waals surface area (Å²) >= 11 is 0. The number of nitrogens with two attached hydrogens (primary N) is 1. The summed E-state index contributed by atoms with van der Waals surface area (Å²) in [5, 5.41) is 3.23.